The van der Waals surface area contributed by atoms with Crippen molar-refractivity contribution in [2.75, 3.05) is 12.4 Å². The van der Waals surface area contributed by atoms with Crippen molar-refractivity contribution < 1.29 is 9.53 Å². The number of nitrogens with one attached hydrogen (secondary N) is 1. The fourth-order valence-corrected chi connectivity index (χ4v) is 1.31. The van der Waals surface area contributed by atoms with Crippen molar-refractivity contribution in [3.8, 4) is 0 Å². The third-order valence-electron chi connectivity index (χ3n) is 1.86. The zero-order valence-corrected chi connectivity index (χ0v) is 10.5. The normalized spacial score (nSPS) is 10.9. The molecule has 1 rings (SSSR count). The monoisotopic (exact) mass is 272 g/mol. The van der Waals surface area contributed by atoms with E-state index in [0.29, 0.717) is 5.82 Å². The second-order valence-corrected chi connectivity index (χ2v) is 4.52. The molecule has 0 spiro atoms. The van der Waals surface area contributed by atoms with Crippen LogP contribution in [0.2, 0.25) is 0 Å². The minimum absolute atomic E-state index is 0.327. The Bertz CT molecular complexity index is 349. The Hall–Kier alpha value is -1.10. The van der Waals surface area contributed by atoms with E-state index in [9.17, 15) is 4.79 Å². The van der Waals surface area contributed by atoms with Gasteiger partial charge in [-0.15, -0.1) is 0 Å². The summed E-state index contributed by atoms with van der Waals surface area (Å²) in [6, 6.07) is 3.64. The maximum atomic E-state index is 11.4. The predicted molar refractivity (Wildman–Crippen MR) is 61.7 cm³/mol. The van der Waals surface area contributed by atoms with E-state index in [4.69, 9.17) is 0 Å². The van der Waals surface area contributed by atoms with Gasteiger partial charge in [0.2, 0.25) is 0 Å². The lowest BCUT2D eigenvalue weighted by Gasteiger charge is -2.23. The number of esters is 1. The molecular weight excluding hydrogens is 260 g/mol. The van der Waals surface area contributed by atoms with E-state index >= 15 is 0 Å². The molecule has 1 heterocycles. The van der Waals surface area contributed by atoms with Gasteiger partial charge in [-0.25, -0.2) is 9.78 Å². The molecule has 0 amide bonds. The summed E-state index contributed by atoms with van der Waals surface area (Å²) in [5.41, 5.74) is -0.782. The van der Waals surface area contributed by atoms with Gasteiger partial charge in [-0.1, -0.05) is 0 Å². The number of carbonyl (C=O) groups is 1. The molecule has 1 aromatic rings. The quantitative estimate of drug-likeness (QED) is 0.858. The molecule has 0 fully saturated rings. The van der Waals surface area contributed by atoms with Crippen LogP contribution in [0.3, 0.4) is 0 Å². The Morgan fingerprint density at radius 2 is 2.20 bits per heavy atom. The highest BCUT2D eigenvalue weighted by Crippen LogP contribution is 2.16. The van der Waals surface area contributed by atoms with Gasteiger partial charge < -0.3 is 10.1 Å². The Morgan fingerprint density at radius 1 is 1.53 bits per heavy atom. The van der Waals surface area contributed by atoms with Crippen LogP contribution in [0.25, 0.3) is 0 Å². The van der Waals surface area contributed by atoms with Gasteiger partial charge in [-0.3, -0.25) is 0 Å². The van der Waals surface area contributed by atoms with Crippen molar-refractivity contribution in [2.45, 2.75) is 19.4 Å². The predicted octanol–water partition coefficient (Wildman–Crippen LogP) is 2.21. The number of pyridine rings is 1. The first kappa shape index (κ1) is 12.0. The second kappa shape index (κ2) is 4.61. The highest BCUT2D eigenvalue weighted by Gasteiger charge is 2.28. The number of hydrogen-bond acceptors (Lipinski definition) is 4. The third kappa shape index (κ3) is 3.20. The summed E-state index contributed by atoms with van der Waals surface area (Å²) in [7, 11) is 1.36. The van der Waals surface area contributed by atoms with E-state index in [2.05, 4.69) is 31.0 Å². The van der Waals surface area contributed by atoms with Crippen LogP contribution < -0.4 is 5.32 Å². The third-order valence-corrected chi connectivity index (χ3v) is 2.33. The van der Waals surface area contributed by atoms with Crippen molar-refractivity contribution in [1.29, 1.82) is 0 Å². The van der Waals surface area contributed by atoms with Crippen LogP contribution in [0.5, 0.6) is 0 Å². The molecule has 0 radical (unpaired) electrons. The Morgan fingerprint density at radius 3 is 2.67 bits per heavy atom. The lowest BCUT2D eigenvalue weighted by molar-refractivity contribution is -0.144. The van der Waals surface area contributed by atoms with Crippen LogP contribution in [0.1, 0.15) is 13.8 Å². The fraction of sp³-hybridized carbons (Fsp3) is 0.400. The molecule has 0 aromatic carbocycles. The van der Waals surface area contributed by atoms with E-state index in [1.54, 1.807) is 26.1 Å². The topological polar surface area (TPSA) is 51.2 Å². The first-order chi connectivity index (χ1) is 6.95. The molecule has 0 aliphatic rings. The van der Waals surface area contributed by atoms with Gasteiger partial charge in [0.15, 0.2) is 0 Å². The smallest absolute Gasteiger partial charge is 0.330 e. The number of rotatable bonds is 3. The Balaban J connectivity index is 2.77. The molecule has 0 bridgehead atoms. The summed E-state index contributed by atoms with van der Waals surface area (Å²) < 4.78 is 5.56. The number of nitrogens with zero attached hydrogens (tertiary/aromatic N) is 1. The van der Waals surface area contributed by atoms with Crippen molar-refractivity contribution in [3.63, 3.8) is 0 Å². The summed E-state index contributed by atoms with van der Waals surface area (Å²) in [5.74, 6) is 0.306. The SMILES string of the molecule is COC(=O)C(C)(C)Nc1ccc(Br)cn1. The van der Waals surface area contributed by atoms with E-state index in [-0.39, 0.29) is 5.97 Å². The van der Waals surface area contributed by atoms with E-state index in [1.807, 2.05) is 6.07 Å². The van der Waals surface area contributed by atoms with E-state index in [0.717, 1.165) is 4.47 Å². The van der Waals surface area contributed by atoms with Gasteiger partial charge in [0.05, 0.1) is 7.11 Å². The maximum Gasteiger partial charge on any atom is 0.330 e. The van der Waals surface area contributed by atoms with Crippen LogP contribution in [0.15, 0.2) is 22.8 Å². The fourth-order valence-electron chi connectivity index (χ4n) is 1.08. The molecule has 15 heavy (non-hydrogen) atoms. The molecule has 0 atom stereocenters. The van der Waals surface area contributed by atoms with Gasteiger partial charge in [-0.2, -0.15) is 0 Å². The van der Waals surface area contributed by atoms with Crippen LogP contribution in [-0.2, 0) is 9.53 Å². The minimum atomic E-state index is -0.782. The van der Waals surface area contributed by atoms with E-state index in [1.165, 1.54) is 7.11 Å². The average Bonchev–Trinajstić information content (AvgIpc) is 2.20. The molecule has 0 saturated carbocycles. The minimum Gasteiger partial charge on any atom is -0.467 e. The summed E-state index contributed by atoms with van der Waals surface area (Å²) in [4.78, 5) is 15.5. The standard InChI is InChI=1S/C10H13BrN2O2/c1-10(2,9(14)15-3)13-8-5-4-7(11)6-12-8/h4-6H,1-3H3,(H,12,13). The first-order valence-electron chi connectivity index (χ1n) is 4.44. The number of hydrogen-bond donors (Lipinski definition) is 1. The molecule has 0 unspecified atom stereocenters. The number of carbonyl (C=O) groups excluding carboxylic acids is 1. The van der Waals surface area contributed by atoms with Gasteiger partial charge in [0.25, 0.3) is 0 Å². The molecule has 5 heteroatoms. The summed E-state index contributed by atoms with van der Waals surface area (Å²) >= 11 is 3.29. The molecule has 1 N–H and O–H groups in total. The number of methoxy groups -OCH3 is 1. The van der Waals surface area contributed by atoms with Crippen molar-refractivity contribution in [2.24, 2.45) is 0 Å². The molecule has 1 aromatic heterocycles. The van der Waals surface area contributed by atoms with Crippen LogP contribution in [0.4, 0.5) is 5.82 Å². The molecule has 4 nitrogen and oxygen atoms in total. The number of ether oxygens (including phenoxy) is 1. The summed E-state index contributed by atoms with van der Waals surface area (Å²) in [6.07, 6.45) is 1.66. The van der Waals surface area contributed by atoms with Crippen LogP contribution in [0, 0.1) is 0 Å². The first-order valence-corrected chi connectivity index (χ1v) is 5.23. The van der Waals surface area contributed by atoms with Gasteiger partial charge in [0, 0.05) is 10.7 Å². The molecular formula is C10H13BrN2O2. The van der Waals surface area contributed by atoms with Gasteiger partial charge in [-0.05, 0) is 41.9 Å². The Labute approximate surface area is 97.2 Å². The van der Waals surface area contributed by atoms with Crippen molar-refractivity contribution >= 4 is 27.7 Å². The highest BCUT2D eigenvalue weighted by atomic mass is 79.9. The van der Waals surface area contributed by atoms with Gasteiger partial charge >= 0.3 is 5.97 Å². The maximum absolute atomic E-state index is 11.4. The Kier molecular flexibility index (Phi) is 3.68. The number of anilines is 1. The lowest BCUT2D eigenvalue weighted by atomic mass is 10.1. The average molecular weight is 273 g/mol. The summed E-state index contributed by atoms with van der Waals surface area (Å²) in [6.45, 7) is 3.48. The van der Waals surface area contributed by atoms with Gasteiger partial charge in [0.1, 0.15) is 11.4 Å². The van der Waals surface area contributed by atoms with E-state index < -0.39 is 5.54 Å². The molecule has 82 valence electrons. The highest BCUT2D eigenvalue weighted by molar-refractivity contribution is 9.10. The molecule has 0 saturated heterocycles. The zero-order chi connectivity index (χ0) is 11.5. The largest absolute Gasteiger partial charge is 0.467 e. The van der Waals surface area contributed by atoms with Crippen molar-refractivity contribution in [3.05, 3.63) is 22.8 Å². The summed E-state index contributed by atoms with van der Waals surface area (Å²) in [5, 5.41) is 2.99. The number of halogens is 1. The lowest BCUT2D eigenvalue weighted by Crippen LogP contribution is -2.41. The molecule has 0 aliphatic heterocycles. The molecule has 0 aliphatic carbocycles. The van der Waals surface area contributed by atoms with Crippen LogP contribution >= 0.6 is 15.9 Å². The zero-order valence-electron chi connectivity index (χ0n) is 8.87. The number of aromatic nitrogens is 1. The van der Waals surface area contributed by atoms with Crippen molar-refractivity contribution in [1.82, 2.24) is 4.98 Å². The van der Waals surface area contributed by atoms with Crippen LogP contribution in [-0.4, -0.2) is 23.6 Å². The second-order valence-electron chi connectivity index (χ2n) is 3.60.